The number of carbonyl (C=O) groups is 1. The summed E-state index contributed by atoms with van der Waals surface area (Å²) in [4.78, 5) is 27.7. The van der Waals surface area contributed by atoms with E-state index in [4.69, 9.17) is 4.98 Å². The van der Waals surface area contributed by atoms with Gasteiger partial charge in [-0.3, -0.25) is 4.98 Å². The molecule has 12 heteroatoms. The van der Waals surface area contributed by atoms with Gasteiger partial charge in [0.15, 0.2) is 11.5 Å². The molecule has 0 spiro atoms. The molecule has 2 amide bonds. The fourth-order valence-corrected chi connectivity index (χ4v) is 3.99. The van der Waals surface area contributed by atoms with Gasteiger partial charge in [-0.05, 0) is 48.0 Å². The molecule has 0 unspecified atom stereocenters. The molecule has 39 heavy (non-hydrogen) atoms. The summed E-state index contributed by atoms with van der Waals surface area (Å²) in [6, 6.07) is 11.5. The molecule has 0 saturated heterocycles. The molecular weight excluding hydrogens is 514 g/mol. The summed E-state index contributed by atoms with van der Waals surface area (Å²) in [5, 5.41) is 4.66. The maximum atomic E-state index is 14.1. The number of carbonyl (C=O) groups excluding carboxylic acids is 1. The second-order valence-electron chi connectivity index (χ2n) is 8.67. The van der Waals surface area contributed by atoms with Crippen molar-refractivity contribution in [3.05, 3.63) is 103 Å². The third kappa shape index (κ3) is 5.79. The number of benzene rings is 2. The van der Waals surface area contributed by atoms with E-state index < -0.39 is 29.3 Å². The van der Waals surface area contributed by atoms with Crippen molar-refractivity contribution in [2.75, 3.05) is 22.6 Å². The smallest absolute Gasteiger partial charge is 0.352 e. The normalized spacial score (nSPS) is 11.4. The number of rotatable bonds is 6. The number of anilines is 3. The molecule has 5 aromatic rings. The minimum Gasteiger partial charge on any atom is -0.352 e. The first-order valence-corrected chi connectivity index (χ1v) is 11.7. The van der Waals surface area contributed by atoms with Gasteiger partial charge in [0.25, 0.3) is 0 Å². The fourth-order valence-electron chi connectivity index (χ4n) is 3.99. The Morgan fingerprint density at radius 1 is 1.03 bits per heavy atom. The SMILES string of the molecule is CN(Cc1ccncc1)c1nc(-c2cccc(NC(=O)Nc3cc(C(F)(F)F)ccc3F)c2)cn2ccnc12. The molecule has 8 nitrogen and oxygen atoms in total. The molecule has 0 radical (unpaired) electrons. The second-order valence-corrected chi connectivity index (χ2v) is 8.67. The number of halogens is 4. The quantitative estimate of drug-likeness (QED) is 0.252. The van der Waals surface area contributed by atoms with Crippen molar-refractivity contribution < 1.29 is 22.4 Å². The molecular formula is C27H21F4N7O. The second kappa shape index (κ2) is 10.4. The Bertz CT molecular complexity index is 1640. The Kier molecular flexibility index (Phi) is 6.84. The number of alkyl halides is 3. The lowest BCUT2D eigenvalue weighted by Crippen LogP contribution is -2.20. The van der Waals surface area contributed by atoms with Crippen LogP contribution in [-0.2, 0) is 12.7 Å². The third-order valence-corrected chi connectivity index (χ3v) is 5.85. The predicted octanol–water partition coefficient (Wildman–Crippen LogP) is 6.23. The summed E-state index contributed by atoms with van der Waals surface area (Å²) in [7, 11) is 1.90. The van der Waals surface area contributed by atoms with Crippen molar-refractivity contribution in [3.8, 4) is 11.3 Å². The standard InChI is InChI=1S/C27H21F4N7O/c1-37(15-17-7-9-32-10-8-17)25-24-33-11-12-38(24)16-23(35-25)18-3-2-4-20(13-18)34-26(39)36-22-14-19(27(29,30)31)5-6-21(22)28/h2-14,16H,15H2,1H3,(H2,34,36,39). The van der Waals surface area contributed by atoms with Crippen LogP contribution in [0.5, 0.6) is 0 Å². The highest BCUT2D eigenvalue weighted by molar-refractivity contribution is 6.00. The van der Waals surface area contributed by atoms with Crippen molar-refractivity contribution in [1.29, 1.82) is 0 Å². The number of urea groups is 1. The number of hydrogen-bond donors (Lipinski definition) is 2. The average molecular weight is 536 g/mol. The summed E-state index contributed by atoms with van der Waals surface area (Å²) < 4.78 is 54.8. The number of amides is 2. The molecule has 2 N–H and O–H groups in total. The van der Waals surface area contributed by atoms with E-state index in [1.807, 2.05) is 28.5 Å². The summed E-state index contributed by atoms with van der Waals surface area (Å²) >= 11 is 0. The number of hydrogen-bond acceptors (Lipinski definition) is 5. The summed E-state index contributed by atoms with van der Waals surface area (Å²) in [5.74, 6) is -0.362. The summed E-state index contributed by atoms with van der Waals surface area (Å²) in [5.41, 5.74) is 1.61. The average Bonchev–Trinajstić information content (AvgIpc) is 3.38. The van der Waals surface area contributed by atoms with Crippen molar-refractivity contribution in [2.45, 2.75) is 12.7 Å². The zero-order valence-corrected chi connectivity index (χ0v) is 20.4. The third-order valence-electron chi connectivity index (χ3n) is 5.85. The number of fused-ring (bicyclic) bond motifs is 1. The van der Waals surface area contributed by atoms with Gasteiger partial charge in [-0.25, -0.2) is 19.2 Å². The first-order chi connectivity index (χ1) is 18.7. The number of nitrogens with one attached hydrogen (secondary N) is 2. The highest BCUT2D eigenvalue weighted by Gasteiger charge is 2.31. The van der Waals surface area contributed by atoms with Gasteiger partial charge in [0.1, 0.15) is 5.82 Å². The number of pyridine rings is 1. The summed E-state index contributed by atoms with van der Waals surface area (Å²) in [6.07, 6.45) is 4.01. The van der Waals surface area contributed by atoms with Crippen LogP contribution < -0.4 is 15.5 Å². The van der Waals surface area contributed by atoms with E-state index in [-0.39, 0.29) is 0 Å². The van der Waals surface area contributed by atoms with E-state index in [0.29, 0.717) is 53.2 Å². The lowest BCUT2D eigenvalue weighted by Gasteiger charge is -2.20. The molecule has 0 bridgehead atoms. The van der Waals surface area contributed by atoms with Gasteiger partial charge >= 0.3 is 12.2 Å². The van der Waals surface area contributed by atoms with Crippen molar-refractivity contribution in [1.82, 2.24) is 19.4 Å². The van der Waals surface area contributed by atoms with Gasteiger partial charge in [-0.2, -0.15) is 13.2 Å². The number of imidazole rings is 1. The van der Waals surface area contributed by atoms with Crippen molar-refractivity contribution >= 4 is 28.9 Å². The number of aromatic nitrogens is 4. The first-order valence-electron chi connectivity index (χ1n) is 11.7. The van der Waals surface area contributed by atoms with Crippen LogP contribution in [0, 0.1) is 5.82 Å². The van der Waals surface area contributed by atoms with E-state index in [1.165, 1.54) is 0 Å². The van der Waals surface area contributed by atoms with E-state index in [0.717, 1.165) is 5.56 Å². The van der Waals surface area contributed by atoms with Crippen LogP contribution >= 0.6 is 0 Å². The molecule has 2 aromatic carbocycles. The molecule has 0 aliphatic heterocycles. The van der Waals surface area contributed by atoms with Gasteiger partial charge in [0, 0.05) is 55.8 Å². The molecule has 0 fully saturated rings. The summed E-state index contributed by atoms with van der Waals surface area (Å²) in [6.45, 7) is 0.565. The molecule has 0 aliphatic carbocycles. The lowest BCUT2D eigenvalue weighted by atomic mass is 10.1. The van der Waals surface area contributed by atoms with Crippen LogP contribution in [0.1, 0.15) is 11.1 Å². The Hall–Kier alpha value is -5.00. The van der Waals surface area contributed by atoms with E-state index in [9.17, 15) is 22.4 Å². The zero-order valence-electron chi connectivity index (χ0n) is 20.4. The predicted molar refractivity (Wildman–Crippen MR) is 139 cm³/mol. The van der Waals surface area contributed by atoms with Gasteiger partial charge in [0.05, 0.1) is 16.9 Å². The number of nitrogens with zero attached hydrogens (tertiary/aromatic N) is 5. The van der Waals surface area contributed by atoms with Gasteiger partial charge in [-0.1, -0.05) is 12.1 Å². The van der Waals surface area contributed by atoms with Crippen LogP contribution in [0.4, 0.5) is 39.5 Å². The van der Waals surface area contributed by atoms with Gasteiger partial charge in [0.2, 0.25) is 0 Å². The van der Waals surface area contributed by atoms with Crippen LogP contribution in [0.2, 0.25) is 0 Å². The van der Waals surface area contributed by atoms with Crippen LogP contribution in [0.25, 0.3) is 16.9 Å². The minimum absolute atomic E-state index is 0.330. The van der Waals surface area contributed by atoms with Crippen molar-refractivity contribution in [2.24, 2.45) is 0 Å². The Balaban J connectivity index is 1.38. The molecule has 3 heterocycles. The largest absolute Gasteiger partial charge is 0.416 e. The molecule has 5 rings (SSSR count). The van der Waals surface area contributed by atoms with E-state index in [2.05, 4.69) is 20.6 Å². The van der Waals surface area contributed by atoms with Crippen LogP contribution in [0.3, 0.4) is 0 Å². The molecule has 3 aromatic heterocycles. The molecule has 0 aliphatic rings. The van der Waals surface area contributed by atoms with E-state index >= 15 is 0 Å². The Morgan fingerprint density at radius 3 is 2.59 bits per heavy atom. The fraction of sp³-hybridized carbons (Fsp3) is 0.111. The zero-order chi connectivity index (χ0) is 27.6. The van der Waals surface area contributed by atoms with Crippen molar-refractivity contribution in [3.63, 3.8) is 0 Å². The maximum absolute atomic E-state index is 14.1. The van der Waals surface area contributed by atoms with Crippen LogP contribution in [-0.4, -0.2) is 32.4 Å². The van der Waals surface area contributed by atoms with Gasteiger partial charge in [-0.15, -0.1) is 0 Å². The first kappa shape index (κ1) is 25.6. The van der Waals surface area contributed by atoms with Crippen LogP contribution in [0.15, 0.2) is 85.6 Å². The molecule has 0 saturated carbocycles. The monoisotopic (exact) mass is 535 g/mol. The molecule has 198 valence electrons. The molecule has 0 atom stereocenters. The maximum Gasteiger partial charge on any atom is 0.416 e. The highest BCUT2D eigenvalue weighted by Crippen LogP contribution is 2.32. The lowest BCUT2D eigenvalue weighted by molar-refractivity contribution is -0.137. The van der Waals surface area contributed by atoms with E-state index in [1.54, 1.807) is 55.2 Å². The topological polar surface area (TPSA) is 87.5 Å². The minimum atomic E-state index is -4.68. The Morgan fingerprint density at radius 2 is 1.82 bits per heavy atom. The highest BCUT2D eigenvalue weighted by atomic mass is 19.4. The Labute approximate surface area is 220 Å². The van der Waals surface area contributed by atoms with Gasteiger partial charge < -0.3 is 19.9 Å².